The maximum atomic E-state index is 6.82. The fraction of sp³-hybridized carbons (Fsp3) is 0.833. The highest BCUT2D eigenvalue weighted by molar-refractivity contribution is 6.65. The molecule has 8 atom stereocenters. The van der Waals surface area contributed by atoms with Gasteiger partial charge in [0.1, 0.15) is 9.75 Å². The molecule has 4 aliphatic carbocycles. The van der Waals surface area contributed by atoms with Gasteiger partial charge >= 0.3 is 0 Å². The normalized spacial score (nSPS) is 66.6. The molecule has 1 heterocycles. The highest BCUT2D eigenvalue weighted by atomic mass is 35.5. The first-order valence-corrected chi connectivity index (χ1v) is 8.52. The molecule has 0 amide bonds. The van der Waals surface area contributed by atoms with Crippen molar-refractivity contribution in [3.05, 3.63) is 10.1 Å². The van der Waals surface area contributed by atoms with Gasteiger partial charge in [-0.2, -0.15) is 0 Å². The zero-order valence-corrected chi connectivity index (χ0v) is 13.9. The molecule has 0 N–H and O–H groups in total. The molecule has 7 heteroatoms. The standard InChI is InChI=1S/C12H8Cl6O/c13-8-9(14)11(16)5-3-1-2(6-7(3)19-6)4(5)10(8,15)12(11,17)18/h2-7H,1H2/t2-,3+,4-,5+,6+,7-,10-,11+. The number of alkyl halides is 4. The van der Waals surface area contributed by atoms with Crippen molar-refractivity contribution < 1.29 is 4.74 Å². The molecule has 0 radical (unpaired) electrons. The number of ether oxygens (including phenoxy) is 1. The minimum atomic E-state index is -1.37. The third kappa shape index (κ3) is 0.986. The van der Waals surface area contributed by atoms with Gasteiger partial charge in [-0.3, -0.25) is 0 Å². The second-order valence-electron chi connectivity index (χ2n) is 6.31. The summed E-state index contributed by atoms with van der Waals surface area (Å²) in [7, 11) is 0. The van der Waals surface area contributed by atoms with Crippen LogP contribution in [0.5, 0.6) is 0 Å². The SMILES string of the molecule is ClC1=C(Cl)[C@]2(Cl)[C@@H]3[C@H]4C[C@H]([C@H]5O[C@@H]45)[C@@H]3[C@@]1(Cl)C2(Cl)Cl. The molecular formula is C12H8Cl6O. The van der Waals surface area contributed by atoms with E-state index in [1.54, 1.807) is 0 Å². The van der Waals surface area contributed by atoms with Crippen molar-refractivity contribution in [3.63, 3.8) is 0 Å². The van der Waals surface area contributed by atoms with Crippen molar-refractivity contribution in [3.8, 4) is 0 Å². The summed E-state index contributed by atoms with van der Waals surface area (Å²) in [4.78, 5) is -2.17. The van der Waals surface area contributed by atoms with Gasteiger partial charge in [0.25, 0.3) is 0 Å². The smallest absolute Gasteiger partial charge is 0.166 e. The van der Waals surface area contributed by atoms with Crippen LogP contribution in [-0.4, -0.2) is 26.3 Å². The zero-order chi connectivity index (χ0) is 13.5. The lowest BCUT2D eigenvalue weighted by molar-refractivity contribution is 0.237. The fourth-order valence-electron chi connectivity index (χ4n) is 5.30. The highest BCUT2D eigenvalue weighted by Crippen LogP contribution is 2.84. The van der Waals surface area contributed by atoms with Gasteiger partial charge in [0.15, 0.2) is 4.33 Å². The first-order chi connectivity index (χ1) is 8.78. The maximum absolute atomic E-state index is 6.82. The number of allylic oxidation sites excluding steroid dienone is 2. The fourth-order valence-corrected chi connectivity index (χ4v) is 8.43. The minimum Gasteiger partial charge on any atom is -0.369 e. The lowest BCUT2D eigenvalue weighted by Crippen LogP contribution is -2.46. The van der Waals surface area contributed by atoms with Gasteiger partial charge in [0.05, 0.1) is 22.3 Å². The lowest BCUT2D eigenvalue weighted by Gasteiger charge is -2.38. The van der Waals surface area contributed by atoms with E-state index < -0.39 is 14.1 Å². The topological polar surface area (TPSA) is 12.5 Å². The summed E-state index contributed by atoms with van der Waals surface area (Å²) < 4.78 is 4.35. The molecular weight excluding hydrogens is 373 g/mol. The van der Waals surface area contributed by atoms with Crippen molar-refractivity contribution >= 4 is 69.6 Å². The monoisotopic (exact) mass is 378 g/mol. The largest absolute Gasteiger partial charge is 0.369 e. The Kier molecular flexibility index (Phi) is 2.18. The van der Waals surface area contributed by atoms with Crippen LogP contribution in [0.15, 0.2) is 10.1 Å². The van der Waals surface area contributed by atoms with Crippen LogP contribution in [0.4, 0.5) is 0 Å². The van der Waals surface area contributed by atoms with Crippen LogP contribution in [-0.2, 0) is 4.74 Å². The Morgan fingerprint density at radius 3 is 1.68 bits per heavy atom. The summed E-state index contributed by atoms with van der Waals surface area (Å²) in [5.74, 6) is 0.776. The Labute approximate surface area is 140 Å². The predicted molar refractivity (Wildman–Crippen MR) is 77.6 cm³/mol. The predicted octanol–water partition coefficient (Wildman–Crippen LogP) is 4.48. The van der Waals surface area contributed by atoms with E-state index in [2.05, 4.69) is 0 Å². The van der Waals surface area contributed by atoms with Gasteiger partial charge in [0.2, 0.25) is 0 Å². The maximum Gasteiger partial charge on any atom is 0.166 e. The summed E-state index contributed by atoms with van der Waals surface area (Å²) >= 11 is 39.5. The lowest BCUT2D eigenvalue weighted by atomic mass is 9.73. The Balaban J connectivity index is 1.80. The second kappa shape index (κ2) is 3.20. The van der Waals surface area contributed by atoms with Crippen LogP contribution >= 0.6 is 69.6 Å². The quantitative estimate of drug-likeness (QED) is 0.343. The molecule has 1 nitrogen and oxygen atoms in total. The van der Waals surface area contributed by atoms with Gasteiger partial charge in [-0.15, -0.1) is 23.2 Å². The van der Waals surface area contributed by atoms with E-state index in [4.69, 9.17) is 74.3 Å². The van der Waals surface area contributed by atoms with Crippen molar-refractivity contribution in [1.29, 1.82) is 0 Å². The molecule has 0 unspecified atom stereocenters. The number of fused-ring (bicyclic) bond motifs is 12. The van der Waals surface area contributed by atoms with Crippen molar-refractivity contribution in [2.24, 2.45) is 23.7 Å². The molecule has 0 aromatic rings. The second-order valence-corrected chi connectivity index (χ2v) is 9.58. The van der Waals surface area contributed by atoms with Crippen molar-refractivity contribution in [2.75, 3.05) is 0 Å². The first kappa shape index (κ1) is 12.9. The average Bonchev–Trinajstić information content (AvgIpc) is 2.91. The van der Waals surface area contributed by atoms with E-state index in [0.717, 1.165) is 6.42 Å². The van der Waals surface area contributed by atoms with E-state index in [1.807, 2.05) is 0 Å². The van der Waals surface area contributed by atoms with Crippen LogP contribution in [0.2, 0.25) is 0 Å². The van der Waals surface area contributed by atoms with Crippen molar-refractivity contribution in [1.82, 2.24) is 0 Å². The molecule has 5 aliphatic rings. The molecule has 104 valence electrons. The van der Waals surface area contributed by atoms with E-state index in [1.165, 1.54) is 0 Å². The molecule has 19 heavy (non-hydrogen) atoms. The Bertz CT molecular complexity index is 516. The van der Waals surface area contributed by atoms with Gasteiger partial charge in [0, 0.05) is 0 Å². The molecule has 3 saturated carbocycles. The highest BCUT2D eigenvalue weighted by Gasteiger charge is 2.89. The number of hydrogen-bond acceptors (Lipinski definition) is 1. The van der Waals surface area contributed by atoms with Gasteiger partial charge in [-0.1, -0.05) is 46.4 Å². The van der Waals surface area contributed by atoms with Gasteiger partial charge in [-0.25, -0.2) is 0 Å². The third-order valence-electron chi connectivity index (χ3n) is 5.92. The average molecular weight is 381 g/mol. The first-order valence-electron chi connectivity index (χ1n) is 6.25. The number of rotatable bonds is 0. The zero-order valence-electron chi connectivity index (χ0n) is 9.35. The third-order valence-corrected chi connectivity index (χ3v) is 10.2. The van der Waals surface area contributed by atoms with Gasteiger partial charge in [-0.05, 0) is 30.1 Å². The molecule has 0 spiro atoms. The molecule has 4 bridgehead atoms. The minimum absolute atomic E-state index is 0.0467. The van der Waals surface area contributed by atoms with E-state index >= 15 is 0 Å². The van der Waals surface area contributed by atoms with Crippen LogP contribution in [0, 0.1) is 23.7 Å². The van der Waals surface area contributed by atoms with Gasteiger partial charge < -0.3 is 4.74 Å². The van der Waals surface area contributed by atoms with Crippen LogP contribution < -0.4 is 0 Å². The Morgan fingerprint density at radius 1 is 0.842 bits per heavy atom. The Morgan fingerprint density at radius 2 is 1.26 bits per heavy atom. The van der Waals surface area contributed by atoms with Crippen LogP contribution in [0.1, 0.15) is 6.42 Å². The van der Waals surface area contributed by atoms with E-state index in [-0.39, 0.29) is 24.0 Å². The molecule has 5 rings (SSSR count). The van der Waals surface area contributed by atoms with Crippen LogP contribution in [0.3, 0.4) is 0 Å². The summed E-state index contributed by atoms with van der Waals surface area (Å²) in [5.41, 5.74) is 0. The van der Waals surface area contributed by atoms with E-state index in [0.29, 0.717) is 21.9 Å². The summed E-state index contributed by atoms with van der Waals surface area (Å²) in [6.45, 7) is 0. The van der Waals surface area contributed by atoms with E-state index in [9.17, 15) is 0 Å². The number of hydrogen-bond donors (Lipinski definition) is 0. The molecule has 4 fully saturated rings. The molecule has 1 saturated heterocycles. The number of halogens is 6. The number of epoxide rings is 1. The summed E-state index contributed by atoms with van der Waals surface area (Å²) in [6, 6.07) is 0. The molecule has 0 aromatic heterocycles. The van der Waals surface area contributed by atoms with Crippen LogP contribution in [0.25, 0.3) is 0 Å². The molecule has 1 aliphatic heterocycles. The summed E-state index contributed by atoms with van der Waals surface area (Å²) in [6.07, 6.45) is 1.63. The summed E-state index contributed by atoms with van der Waals surface area (Å²) in [5, 5.41) is 0.642. The Hall–Kier alpha value is 1.44. The molecule has 0 aromatic carbocycles. The van der Waals surface area contributed by atoms with Crippen molar-refractivity contribution in [2.45, 2.75) is 32.7 Å².